The molecule has 71 heavy (non-hydrogen) atoms. The fourth-order valence-corrected chi connectivity index (χ4v) is 9.50. The van der Waals surface area contributed by atoms with E-state index >= 15 is 0 Å². The topological polar surface area (TPSA) is 95.9 Å². The minimum absolute atomic E-state index is 0.0227. The van der Waals surface area contributed by atoms with E-state index in [2.05, 4.69) is 55.6 Å². The summed E-state index contributed by atoms with van der Waals surface area (Å²) < 4.78 is 5.45. The Morgan fingerprint density at radius 1 is 0.394 bits per heavy atom. The van der Waals surface area contributed by atoms with Gasteiger partial charge in [-0.05, 0) is 89.9 Å². The Hall–Kier alpha value is -2.18. The van der Waals surface area contributed by atoms with Gasteiger partial charge < -0.3 is 20.3 Å². The number of ether oxygens (including phenoxy) is 1. The van der Waals surface area contributed by atoms with Crippen molar-refractivity contribution < 1.29 is 24.5 Å². The molecule has 416 valence electrons. The van der Waals surface area contributed by atoms with Crippen molar-refractivity contribution in [2.45, 2.75) is 341 Å². The molecule has 0 aromatic carbocycles. The summed E-state index contributed by atoms with van der Waals surface area (Å²) in [6.07, 6.45) is 77.2. The van der Waals surface area contributed by atoms with Crippen LogP contribution in [0.2, 0.25) is 0 Å². The van der Waals surface area contributed by atoms with Gasteiger partial charge in [-0.25, -0.2) is 0 Å². The van der Waals surface area contributed by atoms with E-state index in [1.807, 2.05) is 6.08 Å². The summed E-state index contributed by atoms with van der Waals surface area (Å²) >= 11 is 0. The van der Waals surface area contributed by atoms with Crippen LogP contribution in [-0.4, -0.2) is 47.4 Å². The molecule has 0 aliphatic carbocycles. The zero-order valence-corrected chi connectivity index (χ0v) is 47.5. The Balaban J connectivity index is 3.51. The molecule has 1 amide bonds. The zero-order chi connectivity index (χ0) is 51.4. The quantitative estimate of drug-likeness (QED) is 0.0244. The van der Waals surface area contributed by atoms with E-state index < -0.39 is 12.1 Å². The Kier molecular flexibility index (Phi) is 58.5. The normalized spacial score (nSPS) is 12.9. The molecule has 0 fully saturated rings. The van der Waals surface area contributed by atoms with E-state index in [0.717, 1.165) is 77.0 Å². The predicted molar refractivity (Wildman–Crippen MR) is 310 cm³/mol. The van der Waals surface area contributed by atoms with Gasteiger partial charge >= 0.3 is 5.97 Å². The van der Waals surface area contributed by atoms with E-state index in [9.17, 15) is 19.8 Å². The number of hydrogen-bond acceptors (Lipinski definition) is 5. The van der Waals surface area contributed by atoms with Crippen molar-refractivity contribution >= 4 is 11.9 Å². The molecule has 0 saturated heterocycles. The molecule has 0 spiro atoms. The minimum atomic E-state index is -0.853. The lowest BCUT2D eigenvalue weighted by atomic mass is 10.0. The van der Waals surface area contributed by atoms with Crippen molar-refractivity contribution in [2.75, 3.05) is 13.2 Å². The molecule has 0 aliphatic heterocycles. The van der Waals surface area contributed by atoms with Gasteiger partial charge in [0.1, 0.15) is 0 Å². The predicted octanol–water partition coefficient (Wildman–Crippen LogP) is 19.7. The number of allylic oxidation sites excluding steroid dienone is 7. The van der Waals surface area contributed by atoms with Crippen LogP contribution < -0.4 is 5.32 Å². The van der Waals surface area contributed by atoms with Crippen molar-refractivity contribution in [3.05, 3.63) is 48.6 Å². The molecular weight excluding hydrogens is 875 g/mol. The van der Waals surface area contributed by atoms with Crippen molar-refractivity contribution in [1.82, 2.24) is 5.32 Å². The van der Waals surface area contributed by atoms with Crippen LogP contribution in [0.1, 0.15) is 328 Å². The maximum Gasteiger partial charge on any atom is 0.305 e. The van der Waals surface area contributed by atoms with Gasteiger partial charge in [0, 0.05) is 12.8 Å². The van der Waals surface area contributed by atoms with Crippen LogP contribution in [0.15, 0.2) is 48.6 Å². The first-order chi connectivity index (χ1) is 35.0. The second kappa shape index (κ2) is 60.4. The number of aliphatic hydroxyl groups excluding tert-OH is 2. The summed E-state index contributed by atoms with van der Waals surface area (Å²) in [6, 6.07) is -0.637. The highest BCUT2D eigenvalue weighted by atomic mass is 16.5. The molecule has 3 N–H and O–H groups in total. The molecule has 0 radical (unpaired) electrons. The Labute approximate surface area is 442 Å². The first kappa shape index (κ1) is 68.8. The summed E-state index contributed by atoms with van der Waals surface area (Å²) in [5, 5.41) is 23.2. The lowest BCUT2D eigenvalue weighted by Crippen LogP contribution is -2.45. The average Bonchev–Trinajstić information content (AvgIpc) is 3.37. The fourth-order valence-electron chi connectivity index (χ4n) is 9.50. The van der Waals surface area contributed by atoms with Crippen LogP contribution >= 0.6 is 0 Å². The third kappa shape index (κ3) is 57.0. The van der Waals surface area contributed by atoms with E-state index in [1.165, 1.54) is 225 Å². The van der Waals surface area contributed by atoms with Crippen molar-refractivity contribution in [2.24, 2.45) is 0 Å². The van der Waals surface area contributed by atoms with Crippen LogP contribution in [0, 0.1) is 0 Å². The lowest BCUT2D eigenvalue weighted by molar-refractivity contribution is -0.143. The molecule has 2 unspecified atom stereocenters. The molecular formula is C65H121NO5. The molecule has 6 nitrogen and oxygen atoms in total. The molecule has 6 heteroatoms. The number of amides is 1. The van der Waals surface area contributed by atoms with Gasteiger partial charge in [-0.15, -0.1) is 0 Å². The average molecular weight is 997 g/mol. The molecule has 0 rings (SSSR count). The summed E-state index contributed by atoms with van der Waals surface area (Å²) in [5.74, 6) is -0.0988. The van der Waals surface area contributed by atoms with Gasteiger partial charge in [0.05, 0.1) is 25.4 Å². The molecule has 0 bridgehead atoms. The van der Waals surface area contributed by atoms with Gasteiger partial charge in [-0.2, -0.15) is 0 Å². The minimum Gasteiger partial charge on any atom is -0.466 e. The van der Waals surface area contributed by atoms with Crippen LogP contribution in [-0.2, 0) is 14.3 Å². The van der Waals surface area contributed by atoms with Gasteiger partial charge in [0.2, 0.25) is 5.91 Å². The first-order valence-electron chi connectivity index (χ1n) is 31.4. The van der Waals surface area contributed by atoms with Crippen LogP contribution in [0.4, 0.5) is 0 Å². The number of nitrogens with one attached hydrogen (secondary N) is 1. The second-order valence-electron chi connectivity index (χ2n) is 21.4. The van der Waals surface area contributed by atoms with Crippen molar-refractivity contribution in [3.8, 4) is 0 Å². The summed E-state index contributed by atoms with van der Waals surface area (Å²) in [5.41, 5.74) is 0. The first-order valence-corrected chi connectivity index (χ1v) is 31.4. The Morgan fingerprint density at radius 3 is 1.08 bits per heavy atom. The highest BCUT2D eigenvalue weighted by Gasteiger charge is 2.18. The zero-order valence-electron chi connectivity index (χ0n) is 47.5. The van der Waals surface area contributed by atoms with Crippen LogP contribution in [0.25, 0.3) is 0 Å². The third-order valence-corrected chi connectivity index (χ3v) is 14.3. The highest BCUT2D eigenvalue weighted by molar-refractivity contribution is 5.76. The second-order valence-corrected chi connectivity index (χ2v) is 21.4. The summed E-state index contributed by atoms with van der Waals surface area (Å²) in [4.78, 5) is 24.5. The van der Waals surface area contributed by atoms with Crippen LogP contribution in [0.5, 0.6) is 0 Å². The fraction of sp³-hybridized carbons (Fsp3) is 0.846. The van der Waals surface area contributed by atoms with E-state index in [0.29, 0.717) is 19.4 Å². The summed E-state index contributed by atoms with van der Waals surface area (Å²) in [7, 11) is 0. The largest absolute Gasteiger partial charge is 0.466 e. The van der Waals surface area contributed by atoms with Gasteiger partial charge in [-0.3, -0.25) is 9.59 Å². The van der Waals surface area contributed by atoms with Crippen LogP contribution in [0.3, 0.4) is 0 Å². The molecule has 0 aliphatic rings. The van der Waals surface area contributed by atoms with E-state index in [4.69, 9.17) is 4.74 Å². The molecule has 0 aromatic rings. The smallest absolute Gasteiger partial charge is 0.305 e. The number of aliphatic hydroxyl groups is 2. The molecule has 2 atom stereocenters. The standard InChI is InChI=1S/C65H121NO5/c1-3-5-7-9-11-13-15-17-19-20-21-22-24-27-30-33-37-41-45-49-53-57-63(68)62(61-67)66-64(69)58-54-50-46-42-38-34-31-28-25-23-26-29-32-36-40-44-48-52-56-60-71-65(70)59-55-51-47-43-39-35-18-16-14-12-10-8-6-4-2/h16,18,29,32,36,40,53,57,62-63,67-68H,3-15,17,19-28,30-31,33-35,37-39,41-52,54-56,58-61H2,1-2H3,(H,66,69)/b18-16-,32-29-,40-36-,57-53+. The van der Waals surface area contributed by atoms with Gasteiger partial charge in [-0.1, -0.05) is 274 Å². The number of rotatable bonds is 58. The monoisotopic (exact) mass is 996 g/mol. The Morgan fingerprint density at radius 2 is 0.704 bits per heavy atom. The van der Waals surface area contributed by atoms with Crippen molar-refractivity contribution in [3.63, 3.8) is 0 Å². The SMILES string of the molecule is CCCCCCC/C=C\CCCCCCCC(=O)OCCCCC/C=C\C=C/CCCCCCCCCCCCC(=O)NC(CO)C(O)/C=C/CCCCCCCCCCCCCCCCCCCCC. The maximum absolute atomic E-state index is 12.5. The maximum atomic E-state index is 12.5. The summed E-state index contributed by atoms with van der Waals surface area (Å²) in [6.45, 7) is 4.86. The molecule has 0 saturated carbocycles. The number of esters is 1. The third-order valence-electron chi connectivity index (χ3n) is 14.3. The van der Waals surface area contributed by atoms with Crippen molar-refractivity contribution in [1.29, 1.82) is 0 Å². The number of unbranched alkanes of at least 4 members (excludes halogenated alkanes) is 42. The van der Waals surface area contributed by atoms with E-state index in [1.54, 1.807) is 6.08 Å². The number of carbonyl (C=O) groups excluding carboxylic acids is 2. The molecule has 0 heterocycles. The lowest BCUT2D eigenvalue weighted by Gasteiger charge is -2.20. The number of hydrogen-bond donors (Lipinski definition) is 3. The molecule has 0 aromatic heterocycles. The van der Waals surface area contributed by atoms with Gasteiger partial charge in [0.25, 0.3) is 0 Å². The van der Waals surface area contributed by atoms with Gasteiger partial charge in [0.15, 0.2) is 0 Å². The van der Waals surface area contributed by atoms with E-state index in [-0.39, 0.29) is 18.5 Å². The number of carbonyl (C=O) groups is 2. The highest BCUT2D eigenvalue weighted by Crippen LogP contribution is 2.17. The Bertz CT molecular complexity index is 1190.